The summed E-state index contributed by atoms with van der Waals surface area (Å²) in [6, 6.07) is 3.71. The third-order valence-corrected chi connectivity index (χ3v) is 3.70. The van der Waals surface area contributed by atoms with Crippen molar-refractivity contribution in [3.63, 3.8) is 0 Å². The summed E-state index contributed by atoms with van der Waals surface area (Å²) in [6.45, 7) is 4.34. The first kappa shape index (κ1) is 12.9. The zero-order valence-corrected chi connectivity index (χ0v) is 11.2. The van der Waals surface area contributed by atoms with Crippen LogP contribution in [0.3, 0.4) is 0 Å². The van der Waals surface area contributed by atoms with Crippen LogP contribution in [0.4, 0.5) is 0 Å². The van der Waals surface area contributed by atoms with Crippen molar-refractivity contribution in [2.45, 2.75) is 25.8 Å². The molecule has 1 saturated heterocycles. The minimum atomic E-state index is 0.470. The normalized spacial score (nSPS) is 18.7. The van der Waals surface area contributed by atoms with Gasteiger partial charge in [-0.3, -0.25) is 0 Å². The first-order valence-corrected chi connectivity index (χ1v) is 6.75. The van der Waals surface area contributed by atoms with E-state index in [9.17, 15) is 0 Å². The average molecular weight is 257 g/mol. The molecule has 96 valence electrons. The summed E-state index contributed by atoms with van der Waals surface area (Å²) < 4.78 is 5.29. The second kappa shape index (κ2) is 6.43. The molecule has 1 aliphatic heterocycles. The van der Waals surface area contributed by atoms with Gasteiger partial charge in [0.1, 0.15) is 5.76 Å². The quantitative estimate of drug-likeness (QED) is 0.822. The fourth-order valence-electron chi connectivity index (χ4n) is 2.32. The molecule has 0 spiro atoms. The number of likely N-dealkylation sites (tertiary alicyclic amines) is 1. The van der Waals surface area contributed by atoms with Gasteiger partial charge < -0.3 is 14.6 Å². The lowest BCUT2D eigenvalue weighted by atomic mass is 9.94. The van der Waals surface area contributed by atoms with Crippen molar-refractivity contribution in [1.82, 2.24) is 10.2 Å². The lowest BCUT2D eigenvalue weighted by molar-refractivity contribution is 0.211. The zero-order valence-electron chi connectivity index (χ0n) is 10.4. The maximum absolute atomic E-state index is 5.71. The van der Waals surface area contributed by atoms with Crippen molar-refractivity contribution in [3.8, 4) is 0 Å². The van der Waals surface area contributed by atoms with Crippen molar-refractivity contribution in [3.05, 3.63) is 23.1 Å². The third-order valence-electron chi connectivity index (χ3n) is 3.50. The molecule has 1 aromatic rings. The van der Waals surface area contributed by atoms with E-state index in [-0.39, 0.29) is 0 Å². The van der Waals surface area contributed by atoms with E-state index in [0.717, 1.165) is 24.8 Å². The molecular formula is C13H21ClN2O. The second-order valence-electron chi connectivity index (χ2n) is 4.92. The van der Waals surface area contributed by atoms with Crippen LogP contribution < -0.4 is 5.32 Å². The van der Waals surface area contributed by atoms with Gasteiger partial charge in [0.25, 0.3) is 0 Å². The Hall–Kier alpha value is -0.510. The van der Waals surface area contributed by atoms with Crippen molar-refractivity contribution in [1.29, 1.82) is 0 Å². The number of halogens is 1. The first-order chi connectivity index (χ1) is 8.24. The minimum Gasteiger partial charge on any atom is -0.448 e. The maximum atomic E-state index is 5.71. The molecule has 2 rings (SSSR count). The molecule has 3 nitrogen and oxygen atoms in total. The van der Waals surface area contributed by atoms with E-state index in [1.54, 1.807) is 6.07 Å². The highest BCUT2D eigenvalue weighted by Crippen LogP contribution is 2.19. The predicted octanol–water partition coefficient (Wildman–Crippen LogP) is 2.75. The number of rotatable bonds is 5. The summed E-state index contributed by atoms with van der Waals surface area (Å²) in [5.74, 6) is 1.80. The fraction of sp³-hybridized carbons (Fsp3) is 0.692. The molecule has 0 atom stereocenters. The highest BCUT2D eigenvalue weighted by atomic mass is 35.5. The zero-order chi connectivity index (χ0) is 12.1. The first-order valence-electron chi connectivity index (χ1n) is 6.37. The van der Waals surface area contributed by atoms with Crippen LogP contribution in [0, 0.1) is 5.92 Å². The number of hydrogen-bond acceptors (Lipinski definition) is 3. The van der Waals surface area contributed by atoms with E-state index in [2.05, 4.69) is 17.3 Å². The third kappa shape index (κ3) is 4.34. The highest BCUT2D eigenvalue weighted by molar-refractivity contribution is 6.28. The van der Waals surface area contributed by atoms with E-state index in [4.69, 9.17) is 16.0 Å². The molecule has 4 heteroatoms. The summed E-state index contributed by atoms with van der Waals surface area (Å²) in [5.41, 5.74) is 0. The van der Waals surface area contributed by atoms with E-state index in [1.807, 2.05) is 6.07 Å². The SMILES string of the molecule is CN1CCC(CCNCc2ccc(Cl)o2)CC1. The molecule has 0 aliphatic carbocycles. The molecule has 1 aliphatic rings. The molecule has 1 N–H and O–H groups in total. The Labute approximate surface area is 108 Å². The predicted molar refractivity (Wildman–Crippen MR) is 70.3 cm³/mol. The van der Waals surface area contributed by atoms with Gasteiger partial charge in [-0.1, -0.05) is 0 Å². The van der Waals surface area contributed by atoms with Crippen molar-refractivity contribution < 1.29 is 4.42 Å². The topological polar surface area (TPSA) is 28.4 Å². The summed E-state index contributed by atoms with van der Waals surface area (Å²) in [7, 11) is 2.20. The summed E-state index contributed by atoms with van der Waals surface area (Å²) in [4.78, 5) is 2.41. The largest absolute Gasteiger partial charge is 0.448 e. The molecule has 0 unspecified atom stereocenters. The van der Waals surface area contributed by atoms with Gasteiger partial charge in [-0.15, -0.1) is 0 Å². The van der Waals surface area contributed by atoms with Gasteiger partial charge in [-0.05, 0) is 75.6 Å². The number of piperidine rings is 1. The molecule has 17 heavy (non-hydrogen) atoms. The lowest BCUT2D eigenvalue weighted by Crippen LogP contribution is -2.31. The molecule has 1 fully saturated rings. The van der Waals surface area contributed by atoms with Gasteiger partial charge in [0.15, 0.2) is 5.22 Å². The van der Waals surface area contributed by atoms with Crippen LogP contribution in [0.5, 0.6) is 0 Å². The van der Waals surface area contributed by atoms with Crippen molar-refractivity contribution >= 4 is 11.6 Å². The van der Waals surface area contributed by atoms with Gasteiger partial charge in [0, 0.05) is 0 Å². The van der Waals surface area contributed by atoms with Gasteiger partial charge in [0.05, 0.1) is 6.54 Å². The van der Waals surface area contributed by atoms with Gasteiger partial charge in [-0.25, -0.2) is 0 Å². The van der Waals surface area contributed by atoms with Crippen LogP contribution in [0.25, 0.3) is 0 Å². The number of nitrogens with zero attached hydrogens (tertiary/aromatic N) is 1. The number of hydrogen-bond donors (Lipinski definition) is 1. The molecule has 0 amide bonds. The van der Waals surface area contributed by atoms with Crippen molar-refractivity contribution in [2.24, 2.45) is 5.92 Å². The smallest absolute Gasteiger partial charge is 0.193 e. The van der Waals surface area contributed by atoms with E-state index in [0.29, 0.717) is 5.22 Å². The second-order valence-corrected chi connectivity index (χ2v) is 5.29. The summed E-state index contributed by atoms with van der Waals surface area (Å²) in [5, 5.41) is 3.88. The van der Waals surface area contributed by atoms with Gasteiger partial charge in [0.2, 0.25) is 0 Å². The van der Waals surface area contributed by atoms with E-state index in [1.165, 1.54) is 32.4 Å². The van der Waals surface area contributed by atoms with Crippen LogP contribution in [0.15, 0.2) is 16.5 Å². The van der Waals surface area contributed by atoms with Crippen LogP contribution >= 0.6 is 11.6 Å². The van der Waals surface area contributed by atoms with Crippen LogP contribution in [-0.4, -0.2) is 31.6 Å². The molecule has 0 bridgehead atoms. The van der Waals surface area contributed by atoms with Crippen LogP contribution in [-0.2, 0) is 6.54 Å². The fourth-order valence-corrected chi connectivity index (χ4v) is 2.48. The number of furan rings is 1. The maximum Gasteiger partial charge on any atom is 0.193 e. The molecular weight excluding hydrogens is 236 g/mol. The molecule has 0 saturated carbocycles. The minimum absolute atomic E-state index is 0.470. The number of nitrogens with one attached hydrogen (secondary N) is 1. The Morgan fingerprint density at radius 1 is 1.41 bits per heavy atom. The Morgan fingerprint density at radius 3 is 2.82 bits per heavy atom. The highest BCUT2D eigenvalue weighted by Gasteiger charge is 2.15. The van der Waals surface area contributed by atoms with Crippen molar-refractivity contribution in [2.75, 3.05) is 26.7 Å². The Bertz CT molecular complexity index is 332. The van der Waals surface area contributed by atoms with Crippen LogP contribution in [0.2, 0.25) is 5.22 Å². The molecule has 1 aromatic heterocycles. The lowest BCUT2D eigenvalue weighted by Gasteiger charge is -2.28. The Balaban J connectivity index is 1.57. The van der Waals surface area contributed by atoms with Gasteiger partial charge >= 0.3 is 0 Å². The summed E-state index contributed by atoms with van der Waals surface area (Å²) >= 11 is 5.71. The standard InChI is InChI=1S/C13H21ClN2O/c1-16-8-5-11(6-9-16)4-7-15-10-12-2-3-13(14)17-12/h2-3,11,15H,4-10H2,1H3. The molecule has 0 radical (unpaired) electrons. The van der Waals surface area contributed by atoms with E-state index < -0.39 is 0 Å². The Kier molecular flexibility index (Phi) is 4.89. The molecule has 0 aromatic carbocycles. The van der Waals surface area contributed by atoms with E-state index >= 15 is 0 Å². The van der Waals surface area contributed by atoms with Gasteiger partial charge in [-0.2, -0.15) is 0 Å². The average Bonchev–Trinajstić information content (AvgIpc) is 2.73. The summed E-state index contributed by atoms with van der Waals surface area (Å²) in [6.07, 6.45) is 3.94. The van der Waals surface area contributed by atoms with Crippen LogP contribution in [0.1, 0.15) is 25.0 Å². The Morgan fingerprint density at radius 2 is 2.18 bits per heavy atom. The molecule has 2 heterocycles. The monoisotopic (exact) mass is 256 g/mol.